The Balaban J connectivity index is 1.89. The summed E-state index contributed by atoms with van der Waals surface area (Å²) in [6, 6.07) is 4.98. The normalized spacial score (nSPS) is 20.9. The van der Waals surface area contributed by atoms with Crippen LogP contribution in [-0.2, 0) is 10.0 Å². The fourth-order valence-corrected chi connectivity index (χ4v) is 4.44. The molecule has 1 aromatic carbocycles. The largest absolute Gasteiger partial charge is 0.315 e. The summed E-state index contributed by atoms with van der Waals surface area (Å²) in [5.41, 5.74) is 1.07. The third kappa shape index (κ3) is 2.83. The van der Waals surface area contributed by atoms with E-state index in [2.05, 4.69) is 18.8 Å². The standard InChI is InChI=1S/C12H16N4O2S2/c17-20(18,16-9-4-1-2-7-13-8-9)11-6-3-5-10-12(11)15-19-14-10/h3,5-6,9,13,16H,1-2,4,7-8H2. The zero-order chi connectivity index (χ0) is 14.0. The van der Waals surface area contributed by atoms with Crippen LogP contribution >= 0.6 is 11.7 Å². The highest BCUT2D eigenvalue weighted by Crippen LogP contribution is 2.21. The van der Waals surface area contributed by atoms with Crippen molar-refractivity contribution in [3.63, 3.8) is 0 Å². The molecule has 1 fully saturated rings. The van der Waals surface area contributed by atoms with Crippen molar-refractivity contribution in [1.29, 1.82) is 0 Å². The Labute approximate surface area is 122 Å². The fraction of sp³-hybridized carbons (Fsp3) is 0.500. The highest BCUT2D eigenvalue weighted by atomic mass is 32.2. The van der Waals surface area contributed by atoms with Crippen molar-refractivity contribution in [3.05, 3.63) is 18.2 Å². The average Bonchev–Trinajstić information content (AvgIpc) is 2.76. The molecule has 0 amide bonds. The molecule has 1 aliphatic heterocycles. The van der Waals surface area contributed by atoms with Gasteiger partial charge in [-0.1, -0.05) is 12.5 Å². The van der Waals surface area contributed by atoms with Gasteiger partial charge in [-0.2, -0.15) is 8.75 Å². The van der Waals surface area contributed by atoms with Gasteiger partial charge in [0.25, 0.3) is 0 Å². The predicted molar refractivity (Wildman–Crippen MR) is 78.2 cm³/mol. The minimum Gasteiger partial charge on any atom is -0.315 e. The lowest BCUT2D eigenvalue weighted by atomic mass is 10.2. The summed E-state index contributed by atoms with van der Waals surface area (Å²) in [5.74, 6) is 0. The van der Waals surface area contributed by atoms with Crippen LogP contribution in [0.3, 0.4) is 0 Å². The Bertz CT molecular complexity index is 690. The summed E-state index contributed by atoms with van der Waals surface area (Å²) >= 11 is 1.03. The third-order valence-electron chi connectivity index (χ3n) is 3.41. The van der Waals surface area contributed by atoms with E-state index in [1.165, 1.54) is 0 Å². The molecule has 20 heavy (non-hydrogen) atoms. The molecule has 108 valence electrons. The number of fused-ring (bicyclic) bond motifs is 1. The highest BCUT2D eigenvalue weighted by molar-refractivity contribution is 7.89. The lowest BCUT2D eigenvalue weighted by Gasteiger charge is -2.16. The molecule has 1 aliphatic rings. The van der Waals surface area contributed by atoms with Crippen LogP contribution in [0.2, 0.25) is 0 Å². The molecule has 0 radical (unpaired) electrons. The van der Waals surface area contributed by atoms with Crippen LogP contribution in [0, 0.1) is 0 Å². The Morgan fingerprint density at radius 3 is 3.10 bits per heavy atom. The molecule has 0 saturated carbocycles. The molecular formula is C12H16N4O2S2. The second-order valence-electron chi connectivity index (χ2n) is 4.91. The monoisotopic (exact) mass is 312 g/mol. The number of hydrogen-bond acceptors (Lipinski definition) is 6. The van der Waals surface area contributed by atoms with Crippen molar-refractivity contribution < 1.29 is 8.42 Å². The fourth-order valence-electron chi connectivity index (χ4n) is 2.40. The summed E-state index contributed by atoms with van der Waals surface area (Å²) in [6.45, 7) is 1.62. The van der Waals surface area contributed by atoms with E-state index in [1.54, 1.807) is 18.2 Å². The van der Waals surface area contributed by atoms with Gasteiger partial charge >= 0.3 is 0 Å². The van der Waals surface area contributed by atoms with E-state index < -0.39 is 10.0 Å². The SMILES string of the molecule is O=S(=O)(NC1CCCCNC1)c1cccc2nsnc12. The number of sulfonamides is 1. The van der Waals surface area contributed by atoms with Crippen LogP contribution in [0.25, 0.3) is 11.0 Å². The number of rotatable bonds is 3. The lowest BCUT2D eigenvalue weighted by molar-refractivity contribution is 0.521. The van der Waals surface area contributed by atoms with E-state index in [1.807, 2.05) is 0 Å². The molecule has 0 bridgehead atoms. The molecule has 2 heterocycles. The molecule has 2 aromatic rings. The van der Waals surface area contributed by atoms with Crippen LogP contribution in [0.1, 0.15) is 19.3 Å². The van der Waals surface area contributed by atoms with Crippen LogP contribution < -0.4 is 10.0 Å². The summed E-state index contributed by atoms with van der Waals surface area (Å²) in [4.78, 5) is 0.216. The van der Waals surface area contributed by atoms with Gasteiger partial charge in [0.15, 0.2) is 0 Å². The summed E-state index contributed by atoms with van der Waals surface area (Å²) in [5, 5.41) is 3.25. The maximum absolute atomic E-state index is 12.5. The summed E-state index contributed by atoms with van der Waals surface area (Å²) in [7, 11) is -3.56. The number of benzene rings is 1. The Hall–Kier alpha value is -1.09. The van der Waals surface area contributed by atoms with E-state index in [0.29, 0.717) is 17.6 Å². The van der Waals surface area contributed by atoms with Crippen LogP contribution in [0.4, 0.5) is 0 Å². The van der Waals surface area contributed by atoms with E-state index in [-0.39, 0.29) is 10.9 Å². The molecule has 1 aromatic heterocycles. The Kier molecular flexibility index (Phi) is 3.97. The third-order valence-corrected chi connectivity index (χ3v) is 5.50. The van der Waals surface area contributed by atoms with Gasteiger partial charge in [-0.05, 0) is 31.5 Å². The maximum atomic E-state index is 12.5. The number of nitrogens with zero attached hydrogens (tertiary/aromatic N) is 2. The van der Waals surface area contributed by atoms with Crippen molar-refractivity contribution >= 4 is 32.8 Å². The zero-order valence-electron chi connectivity index (χ0n) is 10.9. The van der Waals surface area contributed by atoms with Crippen LogP contribution in [0.5, 0.6) is 0 Å². The molecule has 0 aliphatic carbocycles. The van der Waals surface area contributed by atoms with E-state index in [0.717, 1.165) is 37.5 Å². The minimum absolute atomic E-state index is 0.0654. The van der Waals surface area contributed by atoms with Gasteiger partial charge in [0.2, 0.25) is 10.0 Å². The van der Waals surface area contributed by atoms with Crippen molar-refractivity contribution in [2.45, 2.75) is 30.2 Å². The molecule has 6 nitrogen and oxygen atoms in total. The molecule has 8 heteroatoms. The maximum Gasteiger partial charge on any atom is 0.243 e. The molecule has 3 rings (SSSR count). The van der Waals surface area contributed by atoms with Gasteiger partial charge in [0.1, 0.15) is 15.9 Å². The van der Waals surface area contributed by atoms with Gasteiger partial charge in [0.05, 0.1) is 11.7 Å². The van der Waals surface area contributed by atoms with Crippen molar-refractivity contribution in [2.24, 2.45) is 0 Å². The lowest BCUT2D eigenvalue weighted by Crippen LogP contribution is -2.40. The molecule has 1 saturated heterocycles. The Morgan fingerprint density at radius 1 is 1.30 bits per heavy atom. The summed E-state index contributed by atoms with van der Waals surface area (Å²) in [6.07, 6.45) is 2.98. The van der Waals surface area contributed by atoms with E-state index in [4.69, 9.17) is 0 Å². The topological polar surface area (TPSA) is 84.0 Å². The molecule has 1 unspecified atom stereocenters. The van der Waals surface area contributed by atoms with Gasteiger partial charge < -0.3 is 5.32 Å². The second kappa shape index (κ2) is 5.72. The number of nitrogens with one attached hydrogen (secondary N) is 2. The van der Waals surface area contributed by atoms with E-state index in [9.17, 15) is 8.42 Å². The van der Waals surface area contributed by atoms with Gasteiger partial charge in [-0.15, -0.1) is 0 Å². The van der Waals surface area contributed by atoms with Gasteiger partial charge in [-0.25, -0.2) is 13.1 Å². The van der Waals surface area contributed by atoms with Crippen molar-refractivity contribution in [3.8, 4) is 0 Å². The second-order valence-corrected chi connectivity index (χ2v) is 7.12. The smallest absolute Gasteiger partial charge is 0.243 e. The number of aromatic nitrogens is 2. The van der Waals surface area contributed by atoms with E-state index >= 15 is 0 Å². The van der Waals surface area contributed by atoms with Crippen LogP contribution in [-0.4, -0.2) is 36.3 Å². The zero-order valence-corrected chi connectivity index (χ0v) is 12.5. The van der Waals surface area contributed by atoms with Crippen molar-refractivity contribution in [1.82, 2.24) is 18.8 Å². The summed E-state index contributed by atoms with van der Waals surface area (Å²) < 4.78 is 36.0. The van der Waals surface area contributed by atoms with Crippen LogP contribution in [0.15, 0.2) is 23.1 Å². The van der Waals surface area contributed by atoms with Crippen molar-refractivity contribution in [2.75, 3.05) is 13.1 Å². The first-order chi connectivity index (χ1) is 9.67. The first-order valence-electron chi connectivity index (χ1n) is 6.61. The first-order valence-corrected chi connectivity index (χ1v) is 8.82. The molecule has 0 spiro atoms. The quantitative estimate of drug-likeness (QED) is 0.887. The molecule has 1 atom stereocenters. The molecule has 2 N–H and O–H groups in total. The molecular weight excluding hydrogens is 296 g/mol. The van der Waals surface area contributed by atoms with Gasteiger partial charge in [-0.3, -0.25) is 0 Å². The highest BCUT2D eigenvalue weighted by Gasteiger charge is 2.23. The minimum atomic E-state index is -3.56. The Morgan fingerprint density at radius 2 is 2.20 bits per heavy atom. The van der Waals surface area contributed by atoms with Gasteiger partial charge in [0, 0.05) is 12.6 Å². The number of hydrogen-bond donors (Lipinski definition) is 2. The predicted octanol–water partition coefficient (Wildman–Crippen LogP) is 1.11. The first kappa shape index (κ1) is 13.9. The average molecular weight is 312 g/mol.